The average Bonchev–Trinajstić information content (AvgIpc) is 2.49. The molecule has 0 amide bonds. The zero-order valence-electron chi connectivity index (χ0n) is 13.9. The molecule has 0 heterocycles. The fourth-order valence-electron chi connectivity index (χ4n) is 2.21. The Hall–Kier alpha value is -1.05. The summed E-state index contributed by atoms with van der Waals surface area (Å²) in [4.78, 5) is 11.2. The second-order valence-electron chi connectivity index (χ2n) is 5.60. The Bertz CT molecular complexity index is 269. The monoisotopic (exact) mass is 294 g/mol. The van der Waals surface area contributed by atoms with Gasteiger partial charge in [0.2, 0.25) is 0 Å². The van der Waals surface area contributed by atoms with E-state index in [0.29, 0.717) is 13.0 Å². The van der Waals surface area contributed by atoms with Crippen LogP contribution in [0.1, 0.15) is 84.0 Å². The molecule has 0 aromatic carbocycles. The Balaban J connectivity index is 3.16. The van der Waals surface area contributed by atoms with Crippen molar-refractivity contribution < 1.29 is 9.53 Å². The van der Waals surface area contributed by atoms with Gasteiger partial charge in [0.1, 0.15) is 6.61 Å². The minimum Gasteiger partial charge on any atom is -0.461 e. The molecule has 0 aromatic rings. The van der Waals surface area contributed by atoms with Crippen LogP contribution < -0.4 is 0 Å². The molecular formula is C19H34O2. The topological polar surface area (TPSA) is 26.3 Å². The van der Waals surface area contributed by atoms with Crippen molar-refractivity contribution in [1.29, 1.82) is 0 Å². The first-order valence-corrected chi connectivity index (χ1v) is 8.72. The van der Waals surface area contributed by atoms with Gasteiger partial charge in [0, 0.05) is 6.42 Å². The summed E-state index contributed by atoms with van der Waals surface area (Å²) >= 11 is 0. The van der Waals surface area contributed by atoms with Crippen LogP contribution in [-0.4, -0.2) is 12.6 Å². The Kier molecular flexibility index (Phi) is 16.2. The van der Waals surface area contributed by atoms with E-state index >= 15 is 0 Å². The molecule has 0 atom stereocenters. The summed E-state index contributed by atoms with van der Waals surface area (Å²) < 4.78 is 4.93. The number of hydrogen-bond donors (Lipinski definition) is 0. The number of ether oxygens (including phenoxy) is 1. The van der Waals surface area contributed by atoms with Crippen LogP contribution in [-0.2, 0) is 9.53 Å². The summed E-state index contributed by atoms with van der Waals surface area (Å²) in [7, 11) is 0. The van der Waals surface area contributed by atoms with Crippen molar-refractivity contribution in [3.05, 3.63) is 24.8 Å². The molecule has 0 saturated heterocycles. The maximum Gasteiger partial charge on any atom is 0.306 e. The molecule has 0 rings (SSSR count). The predicted octanol–water partition coefficient (Wildman–Crippen LogP) is 5.97. The van der Waals surface area contributed by atoms with Gasteiger partial charge in [-0.25, -0.2) is 0 Å². The highest BCUT2D eigenvalue weighted by atomic mass is 16.5. The zero-order chi connectivity index (χ0) is 15.6. The van der Waals surface area contributed by atoms with Crippen molar-refractivity contribution in [2.24, 2.45) is 0 Å². The van der Waals surface area contributed by atoms with Crippen molar-refractivity contribution in [3.63, 3.8) is 0 Å². The van der Waals surface area contributed by atoms with E-state index in [1.807, 2.05) is 0 Å². The lowest BCUT2D eigenvalue weighted by Crippen LogP contribution is -2.03. The van der Waals surface area contributed by atoms with Crippen molar-refractivity contribution in [3.8, 4) is 0 Å². The van der Waals surface area contributed by atoms with Crippen LogP contribution in [0.15, 0.2) is 24.8 Å². The molecule has 21 heavy (non-hydrogen) atoms. The Morgan fingerprint density at radius 1 is 0.905 bits per heavy atom. The maximum absolute atomic E-state index is 11.2. The highest BCUT2D eigenvalue weighted by Crippen LogP contribution is 2.09. The van der Waals surface area contributed by atoms with Gasteiger partial charge in [-0.3, -0.25) is 4.79 Å². The second kappa shape index (κ2) is 17.0. The predicted molar refractivity (Wildman–Crippen MR) is 91.4 cm³/mol. The summed E-state index contributed by atoms with van der Waals surface area (Å²) in [5.74, 6) is -0.0964. The molecule has 0 bridgehead atoms. The van der Waals surface area contributed by atoms with Crippen molar-refractivity contribution >= 4 is 5.97 Å². The van der Waals surface area contributed by atoms with Gasteiger partial charge in [0.25, 0.3) is 0 Å². The average molecular weight is 294 g/mol. The SMILES string of the molecule is C=CCOC(=O)CCCCCCCC=CCCCCCC. The number of rotatable bonds is 15. The van der Waals surface area contributed by atoms with Gasteiger partial charge in [-0.2, -0.15) is 0 Å². The molecule has 0 unspecified atom stereocenters. The van der Waals surface area contributed by atoms with Crippen LogP contribution in [0.2, 0.25) is 0 Å². The lowest BCUT2D eigenvalue weighted by Gasteiger charge is -2.02. The van der Waals surface area contributed by atoms with Crippen molar-refractivity contribution in [1.82, 2.24) is 0 Å². The third-order valence-corrected chi connectivity index (χ3v) is 3.50. The molecule has 2 nitrogen and oxygen atoms in total. The highest BCUT2D eigenvalue weighted by Gasteiger charge is 2.00. The molecule has 0 saturated carbocycles. The van der Waals surface area contributed by atoms with E-state index in [0.717, 1.165) is 12.8 Å². The standard InChI is InChI=1S/C19H34O2/c1-3-5-6-7-8-9-10-11-12-13-14-15-16-17-19(20)21-18-4-2/h4,9-10H,2-3,5-8,11-18H2,1H3. The van der Waals surface area contributed by atoms with Crippen LogP contribution in [0.25, 0.3) is 0 Å². The maximum atomic E-state index is 11.2. The molecule has 0 aromatic heterocycles. The van der Waals surface area contributed by atoms with E-state index in [-0.39, 0.29) is 5.97 Å². The lowest BCUT2D eigenvalue weighted by atomic mass is 10.1. The highest BCUT2D eigenvalue weighted by molar-refractivity contribution is 5.69. The number of carbonyl (C=O) groups excluding carboxylic acids is 1. The number of carbonyl (C=O) groups is 1. The van der Waals surface area contributed by atoms with Gasteiger partial charge in [-0.1, -0.05) is 70.3 Å². The first-order valence-electron chi connectivity index (χ1n) is 8.72. The van der Waals surface area contributed by atoms with Gasteiger partial charge in [-0.15, -0.1) is 0 Å². The van der Waals surface area contributed by atoms with Crippen LogP contribution in [0.4, 0.5) is 0 Å². The second-order valence-corrected chi connectivity index (χ2v) is 5.60. The quantitative estimate of drug-likeness (QED) is 0.211. The summed E-state index contributed by atoms with van der Waals surface area (Å²) in [6.45, 7) is 6.11. The van der Waals surface area contributed by atoms with Gasteiger partial charge in [0.15, 0.2) is 0 Å². The number of unbranched alkanes of at least 4 members (excludes halogenated alkanes) is 9. The van der Waals surface area contributed by atoms with Gasteiger partial charge >= 0.3 is 5.97 Å². The molecule has 0 radical (unpaired) electrons. The van der Waals surface area contributed by atoms with Crippen LogP contribution >= 0.6 is 0 Å². The minimum absolute atomic E-state index is 0.0964. The zero-order valence-corrected chi connectivity index (χ0v) is 13.9. The van der Waals surface area contributed by atoms with Crippen molar-refractivity contribution in [2.45, 2.75) is 84.0 Å². The Morgan fingerprint density at radius 3 is 2.10 bits per heavy atom. The Labute approximate surface area is 131 Å². The van der Waals surface area contributed by atoms with Gasteiger partial charge in [0.05, 0.1) is 0 Å². The van der Waals surface area contributed by atoms with Crippen molar-refractivity contribution in [2.75, 3.05) is 6.61 Å². The summed E-state index contributed by atoms with van der Waals surface area (Å²) in [5, 5.41) is 0. The van der Waals surface area contributed by atoms with E-state index in [4.69, 9.17) is 4.74 Å². The largest absolute Gasteiger partial charge is 0.461 e. The van der Waals surface area contributed by atoms with E-state index in [1.54, 1.807) is 6.08 Å². The van der Waals surface area contributed by atoms with E-state index in [1.165, 1.54) is 57.8 Å². The van der Waals surface area contributed by atoms with E-state index < -0.39 is 0 Å². The molecule has 0 N–H and O–H groups in total. The minimum atomic E-state index is -0.0964. The molecule has 122 valence electrons. The van der Waals surface area contributed by atoms with E-state index in [2.05, 4.69) is 25.7 Å². The summed E-state index contributed by atoms with van der Waals surface area (Å²) in [6.07, 6.45) is 20.5. The molecule has 0 fully saturated rings. The number of esters is 1. The summed E-state index contributed by atoms with van der Waals surface area (Å²) in [6, 6.07) is 0. The van der Waals surface area contributed by atoms with Crippen LogP contribution in [0.3, 0.4) is 0 Å². The lowest BCUT2D eigenvalue weighted by molar-refractivity contribution is -0.142. The van der Waals surface area contributed by atoms with E-state index in [9.17, 15) is 4.79 Å². The third-order valence-electron chi connectivity index (χ3n) is 3.50. The first-order chi connectivity index (χ1) is 10.3. The molecule has 0 aliphatic heterocycles. The fraction of sp³-hybridized carbons (Fsp3) is 0.737. The molecule has 2 heteroatoms. The first kappa shape index (κ1) is 19.9. The molecule has 0 spiro atoms. The smallest absolute Gasteiger partial charge is 0.306 e. The third kappa shape index (κ3) is 16.9. The number of allylic oxidation sites excluding steroid dienone is 2. The summed E-state index contributed by atoms with van der Waals surface area (Å²) in [5.41, 5.74) is 0. The molecule has 0 aliphatic carbocycles. The number of hydrogen-bond acceptors (Lipinski definition) is 2. The fourth-order valence-corrected chi connectivity index (χ4v) is 2.21. The molecule has 0 aliphatic rings. The van der Waals surface area contributed by atoms with Crippen LogP contribution in [0.5, 0.6) is 0 Å². The van der Waals surface area contributed by atoms with Crippen LogP contribution in [0, 0.1) is 0 Å². The molecular weight excluding hydrogens is 260 g/mol. The Morgan fingerprint density at radius 2 is 1.48 bits per heavy atom. The normalized spacial score (nSPS) is 10.9. The van der Waals surface area contributed by atoms with Gasteiger partial charge < -0.3 is 4.74 Å². The van der Waals surface area contributed by atoms with Gasteiger partial charge in [-0.05, 0) is 32.1 Å².